The number of benzene rings is 1. The minimum absolute atomic E-state index is 0.0922. The van der Waals surface area contributed by atoms with Crippen molar-refractivity contribution < 1.29 is 4.39 Å². The number of hydrogen-bond donors (Lipinski definition) is 1. The fourth-order valence-corrected chi connectivity index (χ4v) is 3.61. The van der Waals surface area contributed by atoms with Crippen molar-refractivity contribution in [3.05, 3.63) is 35.1 Å². The van der Waals surface area contributed by atoms with Gasteiger partial charge >= 0.3 is 0 Å². The predicted octanol–water partition coefficient (Wildman–Crippen LogP) is 4.75. The van der Waals surface area contributed by atoms with E-state index >= 15 is 0 Å². The van der Waals surface area contributed by atoms with Gasteiger partial charge in [-0.15, -0.1) is 0 Å². The fourth-order valence-electron chi connectivity index (χ4n) is 3.61. The lowest BCUT2D eigenvalue weighted by atomic mass is 9.83. The zero-order chi connectivity index (χ0) is 14.6. The minimum atomic E-state index is -0.152. The van der Waals surface area contributed by atoms with Gasteiger partial charge in [0.2, 0.25) is 0 Å². The van der Waals surface area contributed by atoms with E-state index in [-0.39, 0.29) is 11.4 Å². The van der Waals surface area contributed by atoms with E-state index in [1.807, 2.05) is 13.0 Å². The molecule has 0 saturated heterocycles. The molecular formula is C18H28FN. The molecule has 1 aromatic carbocycles. The molecule has 2 N–H and O–H groups in total. The number of hydrogen-bond acceptors (Lipinski definition) is 1. The Morgan fingerprint density at radius 2 is 2.10 bits per heavy atom. The molecule has 0 radical (unpaired) electrons. The minimum Gasteiger partial charge on any atom is -0.325 e. The molecule has 1 aliphatic carbocycles. The summed E-state index contributed by atoms with van der Waals surface area (Å²) in [5.41, 5.74) is 8.81. The molecule has 0 bridgehead atoms. The molecule has 2 unspecified atom stereocenters. The summed E-state index contributed by atoms with van der Waals surface area (Å²) in [6.45, 7) is 4.25. The molecule has 0 aliphatic heterocycles. The average Bonchev–Trinajstić information content (AvgIpc) is 2.57. The van der Waals surface area contributed by atoms with E-state index in [9.17, 15) is 4.39 Å². The molecule has 1 fully saturated rings. The Morgan fingerprint density at radius 3 is 2.80 bits per heavy atom. The first kappa shape index (κ1) is 15.5. The summed E-state index contributed by atoms with van der Waals surface area (Å²) in [5.74, 6) is 0.709. The van der Waals surface area contributed by atoms with Gasteiger partial charge in [0.25, 0.3) is 0 Å². The Hall–Kier alpha value is -0.890. The van der Waals surface area contributed by atoms with Crippen molar-refractivity contribution in [1.29, 1.82) is 0 Å². The third-order valence-electron chi connectivity index (χ3n) is 4.88. The molecule has 0 amide bonds. The Kier molecular flexibility index (Phi) is 5.20. The third-order valence-corrected chi connectivity index (χ3v) is 4.88. The summed E-state index contributed by atoms with van der Waals surface area (Å²) in [7, 11) is 0. The van der Waals surface area contributed by atoms with E-state index in [0.717, 1.165) is 30.7 Å². The Labute approximate surface area is 122 Å². The van der Waals surface area contributed by atoms with Crippen molar-refractivity contribution in [3.63, 3.8) is 0 Å². The molecule has 20 heavy (non-hydrogen) atoms. The molecule has 1 nitrogen and oxygen atoms in total. The Morgan fingerprint density at radius 1 is 1.30 bits per heavy atom. The van der Waals surface area contributed by atoms with Gasteiger partial charge in [0.1, 0.15) is 5.82 Å². The summed E-state index contributed by atoms with van der Waals surface area (Å²) >= 11 is 0. The van der Waals surface area contributed by atoms with Crippen molar-refractivity contribution >= 4 is 0 Å². The standard InChI is InChI=1S/C18H28FN/c1-3-5-15-6-4-10-18(20,11-9-15)13-16-7-8-17(19)12-14(16)2/h7-8,12,15H,3-6,9-11,13,20H2,1-2H3. The highest BCUT2D eigenvalue weighted by Gasteiger charge is 2.29. The first-order chi connectivity index (χ1) is 9.52. The highest BCUT2D eigenvalue weighted by atomic mass is 19.1. The van der Waals surface area contributed by atoms with Gasteiger partial charge in [0, 0.05) is 5.54 Å². The molecule has 1 aromatic rings. The fraction of sp³-hybridized carbons (Fsp3) is 0.667. The summed E-state index contributed by atoms with van der Waals surface area (Å²) in [5, 5.41) is 0. The molecule has 112 valence electrons. The van der Waals surface area contributed by atoms with Crippen molar-refractivity contribution in [1.82, 2.24) is 0 Å². The van der Waals surface area contributed by atoms with Gasteiger partial charge in [-0.3, -0.25) is 0 Å². The lowest BCUT2D eigenvalue weighted by Gasteiger charge is -2.29. The van der Waals surface area contributed by atoms with Crippen LogP contribution >= 0.6 is 0 Å². The SMILES string of the molecule is CCCC1CCCC(N)(Cc2ccc(F)cc2C)CC1. The van der Waals surface area contributed by atoms with Gasteiger partial charge in [-0.1, -0.05) is 38.7 Å². The zero-order valence-corrected chi connectivity index (χ0v) is 12.9. The van der Waals surface area contributed by atoms with E-state index in [4.69, 9.17) is 5.73 Å². The molecule has 0 heterocycles. The van der Waals surface area contributed by atoms with E-state index in [2.05, 4.69) is 6.92 Å². The quantitative estimate of drug-likeness (QED) is 0.789. The third kappa shape index (κ3) is 4.05. The molecule has 2 rings (SSSR count). The second-order valence-corrected chi connectivity index (χ2v) is 6.70. The second kappa shape index (κ2) is 6.71. The topological polar surface area (TPSA) is 26.0 Å². The lowest BCUT2D eigenvalue weighted by molar-refractivity contribution is 0.354. The average molecular weight is 277 g/mol. The van der Waals surface area contributed by atoms with Gasteiger partial charge in [0.15, 0.2) is 0 Å². The maximum atomic E-state index is 13.2. The molecule has 2 atom stereocenters. The highest BCUT2D eigenvalue weighted by Crippen LogP contribution is 2.33. The van der Waals surface area contributed by atoms with Crippen LogP contribution < -0.4 is 5.73 Å². The van der Waals surface area contributed by atoms with Crippen LogP contribution in [0.5, 0.6) is 0 Å². The largest absolute Gasteiger partial charge is 0.325 e. The van der Waals surface area contributed by atoms with E-state index < -0.39 is 0 Å². The summed E-state index contributed by atoms with van der Waals surface area (Å²) in [6.07, 6.45) is 9.53. The molecule has 1 aliphatic rings. The van der Waals surface area contributed by atoms with E-state index in [1.165, 1.54) is 37.7 Å². The van der Waals surface area contributed by atoms with E-state index in [1.54, 1.807) is 12.1 Å². The molecule has 2 heteroatoms. The molecular weight excluding hydrogens is 249 g/mol. The summed E-state index contributed by atoms with van der Waals surface area (Å²) < 4.78 is 13.2. The maximum absolute atomic E-state index is 13.2. The van der Waals surface area contributed by atoms with Crippen molar-refractivity contribution in [2.75, 3.05) is 0 Å². The predicted molar refractivity (Wildman–Crippen MR) is 83.2 cm³/mol. The van der Waals surface area contributed by atoms with Gasteiger partial charge in [-0.2, -0.15) is 0 Å². The van der Waals surface area contributed by atoms with Gasteiger partial charge in [0.05, 0.1) is 0 Å². The van der Waals surface area contributed by atoms with Crippen molar-refractivity contribution in [3.8, 4) is 0 Å². The molecule has 0 aromatic heterocycles. The van der Waals surface area contributed by atoms with Gasteiger partial charge in [-0.05, 0) is 61.8 Å². The van der Waals surface area contributed by atoms with Crippen LogP contribution in [0.25, 0.3) is 0 Å². The summed E-state index contributed by atoms with van der Waals surface area (Å²) in [4.78, 5) is 0. The molecule has 0 spiro atoms. The normalized spacial score (nSPS) is 27.3. The smallest absolute Gasteiger partial charge is 0.123 e. The van der Waals surface area contributed by atoms with Crippen LogP contribution in [0.3, 0.4) is 0 Å². The van der Waals surface area contributed by atoms with Gasteiger partial charge in [-0.25, -0.2) is 4.39 Å². The number of nitrogens with two attached hydrogens (primary N) is 1. The molecule has 1 saturated carbocycles. The van der Waals surface area contributed by atoms with Crippen LogP contribution in [-0.2, 0) is 6.42 Å². The maximum Gasteiger partial charge on any atom is 0.123 e. The Bertz CT molecular complexity index is 443. The number of rotatable bonds is 4. The van der Waals surface area contributed by atoms with Crippen LogP contribution in [0.1, 0.15) is 63.0 Å². The van der Waals surface area contributed by atoms with Crippen LogP contribution in [0, 0.1) is 18.7 Å². The Balaban J connectivity index is 2.03. The number of aryl methyl sites for hydroxylation is 1. The first-order valence-corrected chi connectivity index (χ1v) is 8.06. The number of halogens is 1. The second-order valence-electron chi connectivity index (χ2n) is 6.70. The van der Waals surface area contributed by atoms with Crippen molar-refractivity contribution in [2.24, 2.45) is 11.7 Å². The van der Waals surface area contributed by atoms with Crippen LogP contribution in [-0.4, -0.2) is 5.54 Å². The zero-order valence-electron chi connectivity index (χ0n) is 12.9. The van der Waals surface area contributed by atoms with Gasteiger partial charge < -0.3 is 5.73 Å². The van der Waals surface area contributed by atoms with Crippen LogP contribution in [0.4, 0.5) is 4.39 Å². The van der Waals surface area contributed by atoms with Crippen LogP contribution in [0.15, 0.2) is 18.2 Å². The van der Waals surface area contributed by atoms with Crippen molar-refractivity contribution in [2.45, 2.75) is 70.8 Å². The summed E-state index contributed by atoms with van der Waals surface area (Å²) in [6, 6.07) is 5.09. The first-order valence-electron chi connectivity index (χ1n) is 8.06. The van der Waals surface area contributed by atoms with Crippen LogP contribution in [0.2, 0.25) is 0 Å². The highest BCUT2D eigenvalue weighted by molar-refractivity contribution is 5.28. The monoisotopic (exact) mass is 277 g/mol. The van der Waals surface area contributed by atoms with E-state index in [0.29, 0.717) is 0 Å². The lowest BCUT2D eigenvalue weighted by Crippen LogP contribution is -2.41.